The summed E-state index contributed by atoms with van der Waals surface area (Å²) in [5.74, 6) is 1.53. The summed E-state index contributed by atoms with van der Waals surface area (Å²) in [6.07, 6.45) is 0. The zero-order chi connectivity index (χ0) is 11.1. The molecule has 0 bridgehead atoms. The minimum Gasteiger partial charge on any atom is -0.441 e. The lowest BCUT2D eigenvalue weighted by Crippen LogP contribution is -2.18. The second-order valence-corrected chi connectivity index (χ2v) is 4.77. The molecule has 0 aliphatic heterocycles. The molecule has 1 aromatic heterocycles. The lowest BCUT2D eigenvalue weighted by molar-refractivity contribution is 0.560. The number of nitrogens with zero attached hydrogens (tertiary/aromatic N) is 1. The topological polar surface area (TPSA) is 26.0 Å². The normalized spacial score (nSPS) is 12.3. The summed E-state index contributed by atoms with van der Waals surface area (Å²) in [6, 6.07) is 6.15. The summed E-state index contributed by atoms with van der Waals surface area (Å²) in [5.41, 5.74) is 3.11. The molecule has 0 aliphatic carbocycles. The van der Waals surface area contributed by atoms with Crippen molar-refractivity contribution in [2.45, 2.75) is 26.2 Å². The van der Waals surface area contributed by atoms with Crippen molar-refractivity contribution in [3.05, 3.63) is 29.7 Å². The van der Waals surface area contributed by atoms with Crippen molar-refractivity contribution in [2.75, 3.05) is 5.75 Å². The summed E-state index contributed by atoms with van der Waals surface area (Å²) in [6.45, 7) is 6.21. The molecule has 2 nitrogen and oxygen atoms in total. The van der Waals surface area contributed by atoms with Crippen LogP contribution in [0.5, 0.6) is 0 Å². The van der Waals surface area contributed by atoms with Crippen LogP contribution in [-0.2, 0) is 5.41 Å². The van der Waals surface area contributed by atoms with Crippen LogP contribution >= 0.6 is 12.6 Å². The van der Waals surface area contributed by atoms with Gasteiger partial charge in [0, 0.05) is 6.92 Å². The van der Waals surface area contributed by atoms with Gasteiger partial charge in [-0.15, -0.1) is 0 Å². The number of fused-ring (bicyclic) bond motifs is 1. The monoisotopic (exact) mass is 221 g/mol. The third kappa shape index (κ3) is 1.88. The Kier molecular flexibility index (Phi) is 2.51. The van der Waals surface area contributed by atoms with Crippen LogP contribution in [0.3, 0.4) is 0 Å². The van der Waals surface area contributed by atoms with Gasteiger partial charge >= 0.3 is 0 Å². The van der Waals surface area contributed by atoms with Crippen molar-refractivity contribution >= 4 is 23.7 Å². The number of hydrogen-bond acceptors (Lipinski definition) is 3. The largest absolute Gasteiger partial charge is 0.441 e. The number of benzene rings is 1. The first-order chi connectivity index (χ1) is 7.03. The van der Waals surface area contributed by atoms with E-state index >= 15 is 0 Å². The fourth-order valence-electron chi connectivity index (χ4n) is 1.55. The molecule has 0 N–H and O–H groups in total. The number of oxazole rings is 1. The standard InChI is InChI=1S/C12H15NOS/c1-8-13-10-6-9(12(2,3)7-15)4-5-11(10)14-8/h4-6,15H,7H2,1-3H3. The molecule has 0 fully saturated rings. The number of aryl methyl sites for hydroxylation is 1. The van der Waals surface area contributed by atoms with Crippen LogP contribution in [0.25, 0.3) is 11.1 Å². The summed E-state index contributed by atoms with van der Waals surface area (Å²) >= 11 is 4.37. The second kappa shape index (κ2) is 3.56. The molecule has 3 heteroatoms. The molecule has 1 aromatic carbocycles. The van der Waals surface area contributed by atoms with Crippen LogP contribution in [0.2, 0.25) is 0 Å². The first kappa shape index (κ1) is 10.6. The Balaban J connectivity index is 2.55. The maximum Gasteiger partial charge on any atom is 0.192 e. The lowest BCUT2D eigenvalue weighted by atomic mass is 9.87. The maximum atomic E-state index is 5.44. The highest BCUT2D eigenvalue weighted by Gasteiger charge is 2.19. The summed E-state index contributed by atoms with van der Waals surface area (Å²) in [7, 11) is 0. The van der Waals surface area contributed by atoms with E-state index in [-0.39, 0.29) is 5.41 Å². The van der Waals surface area contributed by atoms with Gasteiger partial charge in [0.05, 0.1) is 0 Å². The molecular weight excluding hydrogens is 206 g/mol. The lowest BCUT2D eigenvalue weighted by Gasteiger charge is -2.22. The smallest absolute Gasteiger partial charge is 0.192 e. The predicted molar refractivity (Wildman–Crippen MR) is 65.6 cm³/mol. The average Bonchev–Trinajstić information content (AvgIpc) is 2.56. The van der Waals surface area contributed by atoms with Crippen LogP contribution in [0, 0.1) is 6.92 Å². The van der Waals surface area contributed by atoms with Crippen molar-refractivity contribution in [2.24, 2.45) is 0 Å². The van der Waals surface area contributed by atoms with Gasteiger partial charge in [-0.1, -0.05) is 19.9 Å². The second-order valence-electron chi connectivity index (χ2n) is 4.46. The van der Waals surface area contributed by atoms with Crippen LogP contribution in [0.4, 0.5) is 0 Å². The molecule has 2 rings (SSSR count). The minimum absolute atomic E-state index is 0.0736. The first-order valence-corrected chi connectivity index (χ1v) is 5.65. The van der Waals surface area contributed by atoms with E-state index in [1.54, 1.807) is 0 Å². The highest BCUT2D eigenvalue weighted by Crippen LogP contribution is 2.27. The van der Waals surface area contributed by atoms with Gasteiger partial charge < -0.3 is 4.42 Å². The van der Waals surface area contributed by atoms with E-state index < -0.39 is 0 Å². The van der Waals surface area contributed by atoms with Crippen molar-refractivity contribution in [3.63, 3.8) is 0 Å². The molecule has 0 saturated heterocycles. The Labute approximate surface area is 95.1 Å². The van der Waals surface area contributed by atoms with E-state index in [9.17, 15) is 0 Å². The highest BCUT2D eigenvalue weighted by atomic mass is 32.1. The van der Waals surface area contributed by atoms with E-state index in [1.165, 1.54) is 5.56 Å². The van der Waals surface area contributed by atoms with Crippen LogP contribution in [0.15, 0.2) is 22.6 Å². The van der Waals surface area contributed by atoms with Crippen molar-refractivity contribution in [1.29, 1.82) is 0 Å². The summed E-state index contributed by atoms with van der Waals surface area (Å²) in [4.78, 5) is 4.33. The van der Waals surface area contributed by atoms with Gasteiger partial charge in [0.25, 0.3) is 0 Å². The first-order valence-electron chi connectivity index (χ1n) is 5.01. The number of thiol groups is 1. The zero-order valence-electron chi connectivity index (χ0n) is 9.24. The van der Waals surface area contributed by atoms with Gasteiger partial charge in [0.2, 0.25) is 0 Å². The predicted octanol–water partition coefficient (Wildman–Crippen LogP) is 3.34. The fraction of sp³-hybridized carbons (Fsp3) is 0.417. The molecule has 15 heavy (non-hydrogen) atoms. The van der Waals surface area contributed by atoms with E-state index in [4.69, 9.17) is 4.42 Å². The molecular formula is C12H15NOS. The Morgan fingerprint density at radius 2 is 2.13 bits per heavy atom. The maximum absolute atomic E-state index is 5.44. The van der Waals surface area contributed by atoms with Crippen LogP contribution in [-0.4, -0.2) is 10.7 Å². The van der Waals surface area contributed by atoms with Gasteiger partial charge in [0.15, 0.2) is 11.5 Å². The van der Waals surface area contributed by atoms with E-state index in [0.717, 1.165) is 16.9 Å². The minimum atomic E-state index is 0.0736. The molecule has 0 saturated carbocycles. The fourth-order valence-corrected chi connectivity index (χ4v) is 1.74. The van der Waals surface area contributed by atoms with E-state index in [1.807, 2.05) is 13.0 Å². The van der Waals surface area contributed by atoms with Gasteiger partial charge in [-0.3, -0.25) is 0 Å². The third-order valence-electron chi connectivity index (χ3n) is 2.67. The summed E-state index contributed by atoms with van der Waals surface area (Å²) < 4.78 is 5.44. The quantitative estimate of drug-likeness (QED) is 0.787. The van der Waals surface area contributed by atoms with Crippen molar-refractivity contribution in [3.8, 4) is 0 Å². The molecule has 0 amide bonds. The zero-order valence-corrected chi connectivity index (χ0v) is 10.1. The molecule has 2 aromatic rings. The molecule has 0 atom stereocenters. The van der Waals surface area contributed by atoms with Gasteiger partial charge in [0.1, 0.15) is 5.52 Å². The Hall–Kier alpha value is -0.960. The number of hydrogen-bond donors (Lipinski definition) is 1. The van der Waals surface area contributed by atoms with E-state index in [0.29, 0.717) is 5.89 Å². The van der Waals surface area contributed by atoms with Crippen molar-refractivity contribution < 1.29 is 4.42 Å². The number of aromatic nitrogens is 1. The van der Waals surface area contributed by atoms with Crippen molar-refractivity contribution in [1.82, 2.24) is 4.98 Å². The van der Waals surface area contributed by atoms with Gasteiger partial charge in [-0.05, 0) is 28.9 Å². The third-order valence-corrected chi connectivity index (χ3v) is 3.46. The molecule has 0 unspecified atom stereocenters. The van der Waals surface area contributed by atoms with Gasteiger partial charge in [-0.25, -0.2) is 4.98 Å². The van der Waals surface area contributed by atoms with E-state index in [2.05, 4.69) is 43.6 Å². The SMILES string of the molecule is Cc1nc2cc(C(C)(C)CS)ccc2o1. The summed E-state index contributed by atoms with van der Waals surface area (Å²) in [5, 5.41) is 0. The van der Waals surface area contributed by atoms with Crippen LogP contribution in [0.1, 0.15) is 25.3 Å². The van der Waals surface area contributed by atoms with Gasteiger partial charge in [-0.2, -0.15) is 12.6 Å². The molecule has 0 aliphatic rings. The Morgan fingerprint density at radius 3 is 2.80 bits per heavy atom. The van der Waals surface area contributed by atoms with Crippen LogP contribution < -0.4 is 0 Å². The highest BCUT2D eigenvalue weighted by molar-refractivity contribution is 7.80. The Morgan fingerprint density at radius 1 is 1.40 bits per heavy atom. The number of rotatable bonds is 2. The molecule has 0 spiro atoms. The Bertz CT molecular complexity index is 487. The molecule has 1 heterocycles. The average molecular weight is 221 g/mol. The molecule has 0 radical (unpaired) electrons. The molecule has 80 valence electrons.